The van der Waals surface area contributed by atoms with Crippen molar-refractivity contribution < 1.29 is 4.79 Å². The molecule has 130 valence electrons. The first kappa shape index (κ1) is 16.7. The van der Waals surface area contributed by atoms with Crippen LogP contribution in [0, 0.1) is 0 Å². The SMILES string of the molecule is NC(=O)c1ccc(-c2ccc3c(c2)CCC(N2CCSCC2)C3)cc1. The summed E-state index contributed by atoms with van der Waals surface area (Å²) >= 11 is 2.08. The van der Waals surface area contributed by atoms with Crippen molar-refractivity contribution in [3.8, 4) is 11.1 Å². The summed E-state index contributed by atoms with van der Waals surface area (Å²) in [5, 5.41) is 0. The first-order valence-corrected chi connectivity index (χ1v) is 10.2. The summed E-state index contributed by atoms with van der Waals surface area (Å²) in [7, 11) is 0. The molecular formula is C21H24N2OS. The highest BCUT2D eigenvalue weighted by Gasteiger charge is 2.25. The van der Waals surface area contributed by atoms with Gasteiger partial charge in [-0.15, -0.1) is 0 Å². The van der Waals surface area contributed by atoms with Gasteiger partial charge in [0.25, 0.3) is 0 Å². The molecule has 0 bridgehead atoms. The molecule has 2 N–H and O–H groups in total. The number of carbonyl (C=O) groups excluding carboxylic acids is 1. The second-order valence-corrected chi connectivity index (χ2v) is 8.19. The lowest BCUT2D eigenvalue weighted by molar-refractivity contribution is 0.100. The Morgan fingerprint density at radius 3 is 2.44 bits per heavy atom. The minimum Gasteiger partial charge on any atom is -0.366 e. The smallest absolute Gasteiger partial charge is 0.248 e. The number of hydrogen-bond donors (Lipinski definition) is 1. The first-order chi connectivity index (χ1) is 12.2. The molecule has 0 radical (unpaired) electrons. The molecule has 3 nitrogen and oxygen atoms in total. The van der Waals surface area contributed by atoms with Gasteiger partial charge in [-0.05, 0) is 53.6 Å². The van der Waals surface area contributed by atoms with Gasteiger partial charge in [-0.25, -0.2) is 0 Å². The van der Waals surface area contributed by atoms with Gasteiger partial charge in [0.05, 0.1) is 0 Å². The van der Waals surface area contributed by atoms with Gasteiger partial charge in [-0.3, -0.25) is 9.69 Å². The van der Waals surface area contributed by atoms with Crippen LogP contribution in [-0.4, -0.2) is 41.4 Å². The maximum atomic E-state index is 11.2. The van der Waals surface area contributed by atoms with E-state index in [0.29, 0.717) is 11.6 Å². The topological polar surface area (TPSA) is 46.3 Å². The average molecular weight is 353 g/mol. The summed E-state index contributed by atoms with van der Waals surface area (Å²) in [4.78, 5) is 13.9. The van der Waals surface area contributed by atoms with Crippen molar-refractivity contribution in [2.45, 2.75) is 25.3 Å². The lowest BCUT2D eigenvalue weighted by Crippen LogP contribution is -2.43. The molecule has 0 saturated carbocycles. The first-order valence-electron chi connectivity index (χ1n) is 9.04. The standard InChI is InChI=1S/C21H24N2OS/c22-21(24)16-3-1-15(2-4-16)17-5-6-19-14-20(8-7-18(19)13-17)23-9-11-25-12-10-23/h1-6,13,20H,7-12,14H2,(H2,22,24). The van der Waals surface area contributed by atoms with Crippen LogP contribution in [0.1, 0.15) is 27.9 Å². The van der Waals surface area contributed by atoms with Gasteiger partial charge in [-0.2, -0.15) is 11.8 Å². The summed E-state index contributed by atoms with van der Waals surface area (Å²) in [5.74, 6) is 2.19. The van der Waals surface area contributed by atoms with Gasteiger partial charge >= 0.3 is 0 Å². The molecule has 1 saturated heterocycles. The van der Waals surface area contributed by atoms with Gasteiger partial charge in [-0.1, -0.05) is 30.3 Å². The van der Waals surface area contributed by atoms with Gasteiger partial charge in [0.2, 0.25) is 5.91 Å². The van der Waals surface area contributed by atoms with E-state index in [1.54, 1.807) is 0 Å². The molecule has 1 aliphatic carbocycles. The number of amides is 1. The van der Waals surface area contributed by atoms with Crippen molar-refractivity contribution in [2.24, 2.45) is 5.73 Å². The molecule has 1 heterocycles. The van der Waals surface area contributed by atoms with Crippen molar-refractivity contribution in [3.05, 3.63) is 59.2 Å². The molecule has 25 heavy (non-hydrogen) atoms. The Morgan fingerprint density at radius 1 is 1.00 bits per heavy atom. The van der Waals surface area contributed by atoms with E-state index in [1.165, 1.54) is 54.1 Å². The molecule has 0 spiro atoms. The number of nitrogens with zero attached hydrogens (tertiary/aromatic N) is 1. The van der Waals surface area contributed by atoms with Crippen molar-refractivity contribution in [1.82, 2.24) is 4.90 Å². The summed E-state index contributed by atoms with van der Waals surface area (Å²) in [6.07, 6.45) is 3.61. The number of benzene rings is 2. The van der Waals surface area contributed by atoms with Crippen molar-refractivity contribution >= 4 is 17.7 Å². The number of aryl methyl sites for hydroxylation is 1. The van der Waals surface area contributed by atoms with E-state index in [9.17, 15) is 4.79 Å². The largest absolute Gasteiger partial charge is 0.366 e. The number of primary amides is 1. The fourth-order valence-electron chi connectivity index (χ4n) is 4.00. The van der Waals surface area contributed by atoms with Crippen LogP contribution in [-0.2, 0) is 12.8 Å². The van der Waals surface area contributed by atoms with Crippen LogP contribution in [0.2, 0.25) is 0 Å². The number of thioether (sulfide) groups is 1. The number of rotatable bonds is 3. The van der Waals surface area contributed by atoms with Crippen LogP contribution in [0.25, 0.3) is 11.1 Å². The lowest BCUT2D eigenvalue weighted by atomic mass is 9.85. The van der Waals surface area contributed by atoms with E-state index in [-0.39, 0.29) is 5.91 Å². The van der Waals surface area contributed by atoms with E-state index in [0.717, 1.165) is 12.0 Å². The Kier molecular flexibility index (Phi) is 4.82. The maximum Gasteiger partial charge on any atom is 0.248 e. The molecule has 1 atom stereocenters. The Morgan fingerprint density at radius 2 is 1.72 bits per heavy atom. The zero-order valence-corrected chi connectivity index (χ0v) is 15.2. The number of hydrogen-bond acceptors (Lipinski definition) is 3. The minimum absolute atomic E-state index is 0.376. The molecule has 1 amide bonds. The van der Waals surface area contributed by atoms with Crippen molar-refractivity contribution in [2.75, 3.05) is 24.6 Å². The second-order valence-electron chi connectivity index (χ2n) is 6.97. The normalized spacial score (nSPS) is 20.9. The highest BCUT2D eigenvalue weighted by atomic mass is 32.2. The van der Waals surface area contributed by atoms with Crippen LogP contribution in [0.5, 0.6) is 0 Å². The van der Waals surface area contributed by atoms with E-state index >= 15 is 0 Å². The van der Waals surface area contributed by atoms with Crippen LogP contribution in [0.4, 0.5) is 0 Å². The molecule has 0 aromatic heterocycles. The summed E-state index contributed by atoms with van der Waals surface area (Å²) in [5.41, 5.74) is 11.2. The third-order valence-electron chi connectivity index (χ3n) is 5.47. The zero-order valence-electron chi connectivity index (χ0n) is 14.4. The number of carbonyl (C=O) groups is 1. The molecule has 1 unspecified atom stereocenters. The molecule has 4 rings (SSSR count). The zero-order chi connectivity index (χ0) is 17.2. The fourth-order valence-corrected chi connectivity index (χ4v) is 4.93. The molecule has 2 aromatic rings. The van der Waals surface area contributed by atoms with Gasteiger partial charge in [0.1, 0.15) is 0 Å². The molecular weight excluding hydrogens is 328 g/mol. The van der Waals surface area contributed by atoms with E-state index < -0.39 is 0 Å². The Hall–Kier alpha value is -1.78. The molecule has 2 aromatic carbocycles. The Bertz CT molecular complexity index is 766. The van der Waals surface area contributed by atoms with E-state index in [2.05, 4.69) is 34.9 Å². The highest BCUT2D eigenvalue weighted by Crippen LogP contribution is 2.30. The fraction of sp³-hybridized carbons (Fsp3) is 0.381. The third kappa shape index (κ3) is 3.60. The third-order valence-corrected chi connectivity index (χ3v) is 6.42. The average Bonchev–Trinajstić information content (AvgIpc) is 2.68. The van der Waals surface area contributed by atoms with Gasteiger partial charge in [0.15, 0.2) is 0 Å². The molecule has 1 aliphatic heterocycles. The van der Waals surface area contributed by atoms with Crippen LogP contribution in [0.3, 0.4) is 0 Å². The van der Waals surface area contributed by atoms with Gasteiger partial charge < -0.3 is 5.73 Å². The maximum absolute atomic E-state index is 11.2. The van der Waals surface area contributed by atoms with E-state index in [4.69, 9.17) is 5.73 Å². The van der Waals surface area contributed by atoms with Crippen molar-refractivity contribution in [3.63, 3.8) is 0 Å². The van der Waals surface area contributed by atoms with Gasteiger partial charge in [0, 0.05) is 36.2 Å². The summed E-state index contributed by atoms with van der Waals surface area (Å²) in [6.45, 7) is 2.49. The monoisotopic (exact) mass is 352 g/mol. The second kappa shape index (κ2) is 7.22. The number of nitrogens with two attached hydrogens (primary N) is 1. The highest BCUT2D eigenvalue weighted by molar-refractivity contribution is 7.99. The van der Waals surface area contributed by atoms with Crippen LogP contribution < -0.4 is 5.73 Å². The molecule has 4 heteroatoms. The van der Waals surface area contributed by atoms with Crippen LogP contribution in [0.15, 0.2) is 42.5 Å². The lowest BCUT2D eigenvalue weighted by Gasteiger charge is -2.37. The van der Waals surface area contributed by atoms with Crippen LogP contribution >= 0.6 is 11.8 Å². The van der Waals surface area contributed by atoms with E-state index in [1.807, 2.05) is 24.3 Å². The molecule has 1 fully saturated rings. The Labute approximate surface area is 153 Å². The minimum atomic E-state index is -0.376. The summed E-state index contributed by atoms with van der Waals surface area (Å²) in [6, 6.07) is 15.1. The Balaban J connectivity index is 1.52. The molecule has 2 aliphatic rings. The predicted octanol–water partition coefficient (Wildman–Crippen LogP) is 3.36. The summed E-state index contributed by atoms with van der Waals surface area (Å²) < 4.78 is 0. The number of fused-ring (bicyclic) bond motifs is 1. The predicted molar refractivity (Wildman–Crippen MR) is 105 cm³/mol. The van der Waals surface area contributed by atoms with Crippen molar-refractivity contribution in [1.29, 1.82) is 0 Å². The quantitative estimate of drug-likeness (QED) is 0.921.